The van der Waals surface area contributed by atoms with Gasteiger partial charge in [-0.15, -0.1) is 11.8 Å². The van der Waals surface area contributed by atoms with Crippen LogP contribution in [0.2, 0.25) is 0 Å². The zero-order valence-corrected chi connectivity index (χ0v) is 12.0. The number of rotatable bonds is 6. The number of hydrogen-bond donors (Lipinski definition) is 1. The van der Waals surface area contributed by atoms with Gasteiger partial charge in [-0.2, -0.15) is 0 Å². The fourth-order valence-corrected chi connectivity index (χ4v) is 2.34. The molecule has 1 heterocycles. The Hall–Kier alpha value is -2.01. The van der Waals surface area contributed by atoms with E-state index in [2.05, 4.69) is 10.3 Å². The van der Waals surface area contributed by atoms with Gasteiger partial charge in [0.25, 0.3) is 5.91 Å². The van der Waals surface area contributed by atoms with Gasteiger partial charge < -0.3 is 10.1 Å². The van der Waals surface area contributed by atoms with Gasteiger partial charge in [-0.05, 0) is 30.3 Å². The second kappa shape index (κ2) is 7.55. The van der Waals surface area contributed by atoms with Gasteiger partial charge in [0.2, 0.25) is 0 Å². The lowest BCUT2D eigenvalue weighted by molar-refractivity contribution is 0.0956. The molecule has 2 aromatic rings. The van der Waals surface area contributed by atoms with Crippen LogP contribution in [0.15, 0.2) is 53.7 Å². The maximum Gasteiger partial charge on any atom is 0.251 e. The molecule has 0 aliphatic rings. The van der Waals surface area contributed by atoms with Crippen LogP contribution < -0.4 is 10.1 Å². The Morgan fingerprint density at radius 3 is 2.95 bits per heavy atom. The van der Waals surface area contributed by atoms with Crippen molar-refractivity contribution in [2.45, 2.75) is 5.03 Å². The molecule has 0 spiro atoms. The Labute approximate surface area is 122 Å². The number of carbonyl (C=O) groups is 1. The first-order valence-electron chi connectivity index (χ1n) is 6.25. The second-order valence-electron chi connectivity index (χ2n) is 4.00. The predicted octanol–water partition coefficient (Wildman–Crippen LogP) is 2.61. The molecule has 2 rings (SSSR count). The maximum absolute atomic E-state index is 11.9. The normalized spacial score (nSPS) is 10.1. The van der Waals surface area contributed by atoms with E-state index < -0.39 is 0 Å². The van der Waals surface area contributed by atoms with Crippen molar-refractivity contribution in [1.29, 1.82) is 0 Å². The minimum atomic E-state index is -0.0921. The summed E-state index contributed by atoms with van der Waals surface area (Å²) in [6.07, 6.45) is 1.76. The molecule has 0 fully saturated rings. The molecular formula is C15H16N2O2S. The number of hydrogen-bond acceptors (Lipinski definition) is 4. The SMILES string of the molecule is COc1cccc(C(=O)NCCSc2ccccn2)c1. The van der Waals surface area contributed by atoms with Crippen molar-refractivity contribution < 1.29 is 9.53 Å². The van der Waals surface area contributed by atoms with Crippen LogP contribution >= 0.6 is 11.8 Å². The van der Waals surface area contributed by atoms with Crippen LogP contribution in [0, 0.1) is 0 Å². The van der Waals surface area contributed by atoms with Gasteiger partial charge in [0.1, 0.15) is 5.75 Å². The van der Waals surface area contributed by atoms with Crippen molar-refractivity contribution >= 4 is 17.7 Å². The molecule has 4 nitrogen and oxygen atoms in total. The quantitative estimate of drug-likeness (QED) is 0.656. The van der Waals surface area contributed by atoms with E-state index in [0.717, 1.165) is 10.8 Å². The van der Waals surface area contributed by atoms with E-state index in [1.807, 2.05) is 24.3 Å². The zero-order chi connectivity index (χ0) is 14.2. The topological polar surface area (TPSA) is 51.2 Å². The average Bonchev–Trinajstić information content (AvgIpc) is 2.52. The first-order chi connectivity index (χ1) is 9.79. The van der Waals surface area contributed by atoms with Gasteiger partial charge in [0, 0.05) is 24.1 Å². The third-order valence-corrected chi connectivity index (χ3v) is 3.55. The van der Waals surface area contributed by atoms with E-state index in [4.69, 9.17) is 4.74 Å². The number of aromatic nitrogens is 1. The lowest BCUT2D eigenvalue weighted by Gasteiger charge is -2.06. The van der Waals surface area contributed by atoms with Crippen LogP contribution in [0.25, 0.3) is 0 Å². The molecule has 0 aliphatic carbocycles. The molecule has 0 saturated heterocycles. The maximum atomic E-state index is 11.9. The van der Waals surface area contributed by atoms with E-state index in [1.54, 1.807) is 43.3 Å². The monoisotopic (exact) mass is 288 g/mol. The molecule has 1 N–H and O–H groups in total. The van der Waals surface area contributed by atoms with Crippen molar-refractivity contribution in [3.63, 3.8) is 0 Å². The van der Waals surface area contributed by atoms with E-state index in [-0.39, 0.29) is 5.91 Å². The summed E-state index contributed by atoms with van der Waals surface area (Å²) in [7, 11) is 1.58. The third-order valence-electron chi connectivity index (χ3n) is 2.61. The van der Waals surface area contributed by atoms with Crippen molar-refractivity contribution in [2.24, 2.45) is 0 Å². The highest BCUT2D eigenvalue weighted by Gasteiger charge is 2.05. The van der Waals surface area contributed by atoms with Crippen LogP contribution in [0.4, 0.5) is 0 Å². The van der Waals surface area contributed by atoms with Crippen molar-refractivity contribution in [3.8, 4) is 5.75 Å². The molecule has 1 aromatic heterocycles. The summed E-state index contributed by atoms with van der Waals surface area (Å²) in [5.74, 6) is 1.37. The van der Waals surface area contributed by atoms with E-state index in [0.29, 0.717) is 17.9 Å². The van der Waals surface area contributed by atoms with E-state index >= 15 is 0 Å². The van der Waals surface area contributed by atoms with Crippen LogP contribution in [0.5, 0.6) is 5.75 Å². The number of thioether (sulfide) groups is 1. The van der Waals surface area contributed by atoms with Crippen molar-refractivity contribution in [1.82, 2.24) is 10.3 Å². The van der Waals surface area contributed by atoms with Gasteiger partial charge in [0.05, 0.1) is 12.1 Å². The van der Waals surface area contributed by atoms with Crippen LogP contribution in [-0.2, 0) is 0 Å². The highest BCUT2D eigenvalue weighted by molar-refractivity contribution is 7.99. The Morgan fingerprint density at radius 1 is 1.30 bits per heavy atom. The van der Waals surface area contributed by atoms with Gasteiger partial charge in [-0.3, -0.25) is 4.79 Å². The lowest BCUT2D eigenvalue weighted by Crippen LogP contribution is -2.25. The molecule has 20 heavy (non-hydrogen) atoms. The molecule has 0 radical (unpaired) electrons. The second-order valence-corrected chi connectivity index (χ2v) is 5.12. The van der Waals surface area contributed by atoms with Crippen LogP contribution in [0.1, 0.15) is 10.4 Å². The summed E-state index contributed by atoms with van der Waals surface area (Å²) in [5.41, 5.74) is 0.604. The average molecular weight is 288 g/mol. The summed E-state index contributed by atoms with van der Waals surface area (Å²) >= 11 is 1.61. The van der Waals surface area contributed by atoms with E-state index in [1.165, 1.54) is 0 Å². The highest BCUT2D eigenvalue weighted by Crippen LogP contribution is 2.14. The third kappa shape index (κ3) is 4.28. The van der Waals surface area contributed by atoms with Gasteiger partial charge in [-0.1, -0.05) is 12.1 Å². The molecule has 5 heteroatoms. The smallest absolute Gasteiger partial charge is 0.251 e. The zero-order valence-electron chi connectivity index (χ0n) is 11.2. The number of pyridine rings is 1. The molecule has 1 amide bonds. The Kier molecular flexibility index (Phi) is 5.43. The Balaban J connectivity index is 1.77. The summed E-state index contributed by atoms with van der Waals surface area (Å²) in [5, 5.41) is 3.84. The minimum Gasteiger partial charge on any atom is -0.497 e. The first-order valence-corrected chi connectivity index (χ1v) is 7.24. The standard InChI is InChI=1S/C15H16N2O2S/c1-19-13-6-4-5-12(11-13)15(18)17-9-10-20-14-7-2-3-8-16-14/h2-8,11H,9-10H2,1H3,(H,17,18). The van der Waals surface area contributed by atoms with Gasteiger partial charge in [-0.25, -0.2) is 4.98 Å². The number of methoxy groups -OCH3 is 1. The summed E-state index contributed by atoms with van der Waals surface area (Å²) in [6.45, 7) is 0.595. The molecule has 0 bridgehead atoms. The van der Waals surface area contributed by atoms with Crippen molar-refractivity contribution in [3.05, 3.63) is 54.2 Å². The fraction of sp³-hybridized carbons (Fsp3) is 0.200. The molecular weight excluding hydrogens is 272 g/mol. The van der Waals surface area contributed by atoms with E-state index in [9.17, 15) is 4.79 Å². The highest BCUT2D eigenvalue weighted by atomic mass is 32.2. The molecule has 1 aromatic carbocycles. The number of ether oxygens (including phenoxy) is 1. The predicted molar refractivity (Wildman–Crippen MR) is 80.3 cm³/mol. The van der Waals surface area contributed by atoms with Crippen molar-refractivity contribution in [2.75, 3.05) is 19.4 Å². The van der Waals surface area contributed by atoms with Crippen LogP contribution in [-0.4, -0.2) is 30.3 Å². The lowest BCUT2D eigenvalue weighted by atomic mass is 10.2. The number of amides is 1. The first kappa shape index (κ1) is 14.4. The van der Waals surface area contributed by atoms with Gasteiger partial charge >= 0.3 is 0 Å². The fourth-order valence-electron chi connectivity index (χ4n) is 1.62. The largest absolute Gasteiger partial charge is 0.497 e. The molecule has 0 aliphatic heterocycles. The Morgan fingerprint density at radius 2 is 2.20 bits per heavy atom. The Bertz CT molecular complexity index is 561. The summed E-state index contributed by atoms with van der Waals surface area (Å²) in [6, 6.07) is 12.9. The molecule has 104 valence electrons. The minimum absolute atomic E-state index is 0.0921. The molecule has 0 saturated carbocycles. The number of carbonyl (C=O) groups excluding carboxylic acids is 1. The summed E-state index contributed by atoms with van der Waals surface area (Å²) in [4.78, 5) is 16.1. The van der Waals surface area contributed by atoms with Crippen LogP contribution in [0.3, 0.4) is 0 Å². The number of nitrogens with zero attached hydrogens (tertiary/aromatic N) is 1. The summed E-state index contributed by atoms with van der Waals surface area (Å²) < 4.78 is 5.10. The van der Waals surface area contributed by atoms with Gasteiger partial charge in [0.15, 0.2) is 0 Å². The number of nitrogens with one attached hydrogen (secondary N) is 1. The molecule has 0 unspecified atom stereocenters. The molecule has 0 atom stereocenters. The number of benzene rings is 1.